The summed E-state index contributed by atoms with van der Waals surface area (Å²) in [6.45, 7) is 12.0. The Morgan fingerprint density at radius 3 is 2.45 bits per heavy atom. The first-order valence-electron chi connectivity index (χ1n) is 10.8. The summed E-state index contributed by atoms with van der Waals surface area (Å²) in [4.78, 5) is 7.41. The first-order chi connectivity index (χ1) is 13.7. The van der Waals surface area contributed by atoms with Crippen molar-refractivity contribution in [2.75, 3.05) is 46.5 Å². The van der Waals surface area contributed by atoms with E-state index in [1.54, 1.807) is 7.11 Å². The second-order valence-corrected chi connectivity index (χ2v) is 7.86. The van der Waals surface area contributed by atoms with Crippen LogP contribution in [0.25, 0.3) is 0 Å². The number of guanidine groups is 1. The van der Waals surface area contributed by atoms with Crippen LogP contribution in [0.15, 0.2) is 35.3 Å². The summed E-state index contributed by atoms with van der Waals surface area (Å²) in [6.07, 6.45) is 3.45. The van der Waals surface area contributed by atoms with Crippen LogP contribution in [0.1, 0.15) is 51.5 Å². The number of rotatable bonds is 10. The van der Waals surface area contributed by atoms with Crippen LogP contribution in [0.3, 0.4) is 0 Å². The molecule has 0 bridgehead atoms. The third-order valence-corrected chi connectivity index (χ3v) is 5.39. The Morgan fingerprint density at radius 1 is 1.17 bits per heavy atom. The molecular formula is C23H40IN3O2. The van der Waals surface area contributed by atoms with E-state index in [9.17, 15) is 0 Å². The van der Waals surface area contributed by atoms with Gasteiger partial charge in [-0.25, -0.2) is 0 Å². The maximum Gasteiger partial charge on any atom is 0.193 e. The van der Waals surface area contributed by atoms with Crippen LogP contribution in [-0.2, 0) is 9.47 Å². The van der Waals surface area contributed by atoms with E-state index < -0.39 is 0 Å². The van der Waals surface area contributed by atoms with Gasteiger partial charge in [-0.2, -0.15) is 0 Å². The van der Waals surface area contributed by atoms with Crippen LogP contribution in [0.4, 0.5) is 0 Å². The van der Waals surface area contributed by atoms with Gasteiger partial charge in [-0.15, -0.1) is 24.0 Å². The summed E-state index contributed by atoms with van der Waals surface area (Å²) in [7, 11) is 1.74. The van der Waals surface area contributed by atoms with E-state index in [4.69, 9.17) is 14.5 Å². The number of nitrogens with one attached hydrogen (secondary N) is 1. The maximum atomic E-state index is 5.99. The van der Waals surface area contributed by atoms with Crippen molar-refractivity contribution in [3.8, 4) is 0 Å². The third-order valence-electron chi connectivity index (χ3n) is 5.39. The average Bonchev–Trinajstić information content (AvgIpc) is 2.72. The fourth-order valence-corrected chi connectivity index (χ4v) is 3.70. The molecule has 0 amide bonds. The Kier molecular flexibility index (Phi) is 13.6. The fraction of sp³-hybridized carbons (Fsp3) is 0.696. The molecule has 0 spiro atoms. The molecule has 0 aliphatic carbocycles. The normalized spacial score (nSPS) is 16.6. The number of piperidine rings is 1. The molecule has 1 saturated heterocycles. The molecule has 1 aromatic rings. The molecule has 1 atom stereocenters. The highest BCUT2D eigenvalue weighted by Gasteiger charge is 2.22. The Morgan fingerprint density at radius 2 is 1.86 bits per heavy atom. The summed E-state index contributed by atoms with van der Waals surface area (Å²) in [5, 5.41) is 3.49. The van der Waals surface area contributed by atoms with Gasteiger partial charge in [0.1, 0.15) is 0 Å². The Bertz CT molecular complexity index is 561. The van der Waals surface area contributed by atoms with Crippen molar-refractivity contribution in [1.29, 1.82) is 0 Å². The summed E-state index contributed by atoms with van der Waals surface area (Å²) in [5.41, 5.74) is 1.38. The summed E-state index contributed by atoms with van der Waals surface area (Å²) < 4.78 is 11.1. The molecular weight excluding hydrogens is 477 g/mol. The van der Waals surface area contributed by atoms with Crippen LogP contribution >= 0.6 is 24.0 Å². The molecule has 1 heterocycles. The van der Waals surface area contributed by atoms with Gasteiger partial charge in [0.15, 0.2) is 5.96 Å². The van der Waals surface area contributed by atoms with Gasteiger partial charge in [-0.05, 0) is 37.7 Å². The van der Waals surface area contributed by atoms with Crippen LogP contribution < -0.4 is 5.32 Å². The van der Waals surface area contributed by atoms with Crippen molar-refractivity contribution in [2.24, 2.45) is 10.9 Å². The molecule has 1 aliphatic rings. The lowest BCUT2D eigenvalue weighted by molar-refractivity contribution is 0.00990. The van der Waals surface area contributed by atoms with Crippen LogP contribution in [0.2, 0.25) is 0 Å². The number of hydrogen-bond acceptors (Lipinski definition) is 3. The number of likely N-dealkylation sites (tertiary alicyclic amines) is 1. The molecule has 5 nitrogen and oxygen atoms in total. The third kappa shape index (κ3) is 9.22. The average molecular weight is 517 g/mol. The largest absolute Gasteiger partial charge is 0.385 e. The minimum absolute atomic E-state index is 0. The first kappa shape index (κ1) is 26.2. The van der Waals surface area contributed by atoms with E-state index in [1.807, 2.05) is 0 Å². The van der Waals surface area contributed by atoms with E-state index in [-0.39, 0.29) is 24.0 Å². The van der Waals surface area contributed by atoms with E-state index in [0.29, 0.717) is 17.9 Å². The van der Waals surface area contributed by atoms with Crippen molar-refractivity contribution in [2.45, 2.75) is 52.1 Å². The van der Waals surface area contributed by atoms with Crippen molar-refractivity contribution in [1.82, 2.24) is 10.2 Å². The molecule has 1 N–H and O–H groups in total. The molecule has 6 heteroatoms. The van der Waals surface area contributed by atoms with Crippen molar-refractivity contribution >= 4 is 29.9 Å². The van der Waals surface area contributed by atoms with Crippen LogP contribution in [0, 0.1) is 5.92 Å². The first-order valence-corrected chi connectivity index (χ1v) is 10.8. The molecule has 1 aromatic carbocycles. The highest BCUT2D eigenvalue weighted by molar-refractivity contribution is 14.0. The van der Waals surface area contributed by atoms with E-state index >= 15 is 0 Å². The van der Waals surface area contributed by atoms with Gasteiger partial charge in [-0.3, -0.25) is 4.99 Å². The predicted molar refractivity (Wildman–Crippen MR) is 132 cm³/mol. The van der Waals surface area contributed by atoms with E-state index in [0.717, 1.165) is 64.6 Å². The fourth-order valence-electron chi connectivity index (χ4n) is 3.70. The highest BCUT2D eigenvalue weighted by Crippen LogP contribution is 2.25. The van der Waals surface area contributed by atoms with Crippen LogP contribution in [0.5, 0.6) is 0 Å². The molecule has 166 valence electrons. The number of benzene rings is 1. The summed E-state index contributed by atoms with van der Waals surface area (Å²) >= 11 is 0. The Balaban J connectivity index is 0.00000420. The van der Waals surface area contributed by atoms with E-state index in [2.05, 4.69) is 61.3 Å². The van der Waals surface area contributed by atoms with Gasteiger partial charge >= 0.3 is 0 Å². The SMILES string of the molecule is CCNC(=NCC(c1ccccc1)C(C)C)N1CCC(OCCCOC)CC1.I. The molecule has 0 radical (unpaired) electrons. The van der Waals surface area contributed by atoms with Gasteiger partial charge in [-0.1, -0.05) is 44.2 Å². The lowest BCUT2D eigenvalue weighted by atomic mass is 9.88. The van der Waals surface area contributed by atoms with Gasteiger partial charge in [0, 0.05) is 52.4 Å². The number of aliphatic imine (C=N–C) groups is 1. The number of nitrogens with zero attached hydrogens (tertiary/aromatic N) is 2. The van der Waals surface area contributed by atoms with Gasteiger partial charge < -0.3 is 19.7 Å². The Hall–Kier alpha value is -0.860. The standard InChI is InChI=1S/C23H39N3O2.HI/c1-5-24-23(25-18-22(19(2)3)20-10-7-6-8-11-20)26-14-12-21(13-15-26)28-17-9-16-27-4;/h6-8,10-11,19,21-22H,5,9,12-18H2,1-4H3,(H,24,25);1H. The zero-order chi connectivity index (χ0) is 20.2. The molecule has 1 fully saturated rings. The topological polar surface area (TPSA) is 46.1 Å². The highest BCUT2D eigenvalue weighted by atomic mass is 127. The van der Waals surface area contributed by atoms with Gasteiger partial charge in [0.25, 0.3) is 0 Å². The Labute approximate surface area is 194 Å². The molecule has 0 aromatic heterocycles. The van der Waals surface area contributed by atoms with Gasteiger partial charge in [0.2, 0.25) is 0 Å². The number of ether oxygens (including phenoxy) is 2. The zero-order valence-corrected chi connectivity index (χ0v) is 20.9. The molecule has 2 rings (SSSR count). The van der Waals surface area contributed by atoms with Crippen molar-refractivity contribution < 1.29 is 9.47 Å². The molecule has 1 aliphatic heterocycles. The summed E-state index contributed by atoms with van der Waals surface area (Å²) in [5.74, 6) is 2.04. The number of halogens is 1. The minimum Gasteiger partial charge on any atom is -0.385 e. The smallest absolute Gasteiger partial charge is 0.193 e. The predicted octanol–water partition coefficient (Wildman–Crippen LogP) is 4.53. The quantitative estimate of drug-likeness (QED) is 0.215. The number of methoxy groups -OCH3 is 1. The number of hydrogen-bond donors (Lipinski definition) is 1. The second kappa shape index (κ2) is 15.0. The van der Waals surface area contributed by atoms with Gasteiger partial charge in [0.05, 0.1) is 6.10 Å². The zero-order valence-electron chi connectivity index (χ0n) is 18.6. The maximum absolute atomic E-state index is 5.99. The lowest BCUT2D eigenvalue weighted by Crippen LogP contribution is -2.47. The van der Waals surface area contributed by atoms with Crippen LogP contribution in [-0.4, -0.2) is 63.5 Å². The van der Waals surface area contributed by atoms with E-state index in [1.165, 1.54) is 5.56 Å². The summed E-state index contributed by atoms with van der Waals surface area (Å²) in [6, 6.07) is 10.8. The van der Waals surface area contributed by atoms with Crippen molar-refractivity contribution in [3.05, 3.63) is 35.9 Å². The minimum atomic E-state index is 0. The monoisotopic (exact) mass is 517 g/mol. The lowest BCUT2D eigenvalue weighted by Gasteiger charge is -2.34. The molecule has 1 unspecified atom stereocenters. The molecule has 29 heavy (non-hydrogen) atoms. The second-order valence-electron chi connectivity index (χ2n) is 7.86. The van der Waals surface area contributed by atoms with Crippen molar-refractivity contribution in [3.63, 3.8) is 0 Å². The molecule has 0 saturated carbocycles.